The van der Waals surface area contributed by atoms with Crippen molar-refractivity contribution in [2.45, 2.75) is 20.8 Å². The fraction of sp³-hybridized carbons (Fsp3) is 0.500. The highest BCUT2D eigenvalue weighted by Crippen LogP contribution is 2.12. The summed E-state index contributed by atoms with van der Waals surface area (Å²) in [5.74, 6) is 0.591. The molecule has 1 aromatic rings. The molecule has 0 amide bonds. The average Bonchev–Trinajstić information content (AvgIpc) is 2.15. The van der Waals surface area contributed by atoms with Gasteiger partial charge >= 0.3 is 0 Å². The number of benzene rings is 1. The molecule has 0 heterocycles. The summed E-state index contributed by atoms with van der Waals surface area (Å²) >= 11 is 0. The van der Waals surface area contributed by atoms with E-state index in [0.29, 0.717) is 12.6 Å². The maximum atomic E-state index is 5.44. The molecule has 1 rings (SSSR count). The molecule has 0 aliphatic rings. The van der Waals surface area contributed by atoms with Crippen LogP contribution in [0.3, 0.4) is 0 Å². The second kappa shape index (κ2) is 5.66. The van der Waals surface area contributed by atoms with Crippen LogP contribution in [-0.4, -0.2) is 13.3 Å². The van der Waals surface area contributed by atoms with Crippen molar-refractivity contribution in [3.63, 3.8) is 0 Å². The van der Waals surface area contributed by atoms with E-state index in [9.17, 15) is 0 Å². The van der Waals surface area contributed by atoms with Crippen LogP contribution in [0.2, 0.25) is 0 Å². The fourth-order valence-electron chi connectivity index (χ4n) is 1.19. The van der Waals surface area contributed by atoms with E-state index in [-0.39, 0.29) is 0 Å². The van der Waals surface area contributed by atoms with Gasteiger partial charge in [-0.2, -0.15) is 0 Å². The highest BCUT2D eigenvalue weighted by atomic mass is 16.5. The number of hydrogen-bond donors (Lipinski definition) is 1. The predicted octanol–water partition coefficient (Wildman–Crippen LogP) is 3.04. The molecule has 1 aromatic carbocycles. The Kier molecular flexibility index (Phi) is 4.47. The van der Waals surface area contributed by atoms with Crippen molar-refractivity contribution >= 4 is 5.69 Å². The molecule has 0 aliphatic heterocycles. The van der Waals surface area contributed by atoms with E-state index in [1.165, 1.54) is 5.56 Å². The second-order valence-corrected chi connectivity index (χ2v) is 3.90. The molecule has 78 valence electrons. The van der Waals surface area contributed by atoms with Crippen LogP contribution in [0.25, 0.3) is 0 Å². The number of rotatable bonds is 5. The van der Waals surface area contributed by atoms with E-state index in [2.05, 4.69) is 38.2 Å². The van der Waals surface area contributed by atoms with Gasteiger partial charge in [-0.3, -0.25) is 0 Å². The smallest absolute Gasteiger partial charge is 0.116 e. The van der Waals surface area contributed by atoms with Gasteiger partial charge in [0.25, 0.3) is 0 Å². The number of ether oxygens (including phenoxy) is 1. The third kappa shape index (κ3) is 3.79. The van der Waals surface area contributed by atoms with E-state index in [1.807, 2.05) is 12.1 Å². The standard InChI is InChI=1S/C12H19NO/c1-10(2)8-14-9-13-12-7-5-4-6-11(12)3/h4-7,10,13H,8-9H2,1-3H3. The van der Waals surface area contributed by atoms with Gasteiger partial charge in [0, 0.05) is 5.69 Å². The maximum absolute atomic E-state index is 5.44. The first-order chi connectivity index (χ1) is 6.70. The number of aryl methyl sites for hydroxylation is 1. The minimum atomic E-state index is 0.586. The molecular weight excluding hydrogens is 174 g/mol. The van der Waals surface area contributed by atoms with Crippen LogP contribution in [0.5, 0.6) is 0 Å². The van der Waals surface area contributed by atoms with Crippen LogP contribution in [0, 0.1) is 12.8 Å². The summed E-state index contributed by atoms with van der Waals surface area (Å²) in [7, 11) is 0. The SMILES string of the molecule is Cc1ccccc1NCOCC(C)C. The Labute approximate surface area is 86.3 Å². The summed E-state index contributed by atoms with van der Waals surface area (Å²) < 4.78 is 5.44. The second-order valence-electron chi connectivity index (χ2n) is 3.90. The van der Waals surface area contributed by atoms with Crippen LogP contribution in [0.1, 0.15) is 19.4 Å². The number of hydrogen-bond acceptors (Lipinski definition) is 2. The molecule has 0 unspecified atom stereocenters. The lowest BCUT2D eigenvalue weighted by Gasteiger charge is -2.10. The zero-order valence-corrected chi connectivity index (χ0v) is 9.21. The average molecular weight is 193 g/mol. The molecule has 0 bridgehead atoms. The number of nitrogens with one attached hydrogen (secondary N) is 1. The fourth-order valence-corrected chi connectivity index (χ4v) is 1.19. The lowest BCUT2D eigenvalue weighted by molar-refractivity contribution is 0.126. The van der Waals surface area contributed by atoms with Gasteiger partial charge in [0.15, 0.2) is 0 Å². The molecule has 0 spiro atoms. The summed E-state index contributed by atoms with van der Waals surface area (Å²) in [4.78, 5) is 0. The normalized spacial score (nSPS) is 10.6. The first-order valence-electron chi connectivity index (χ1n) is 5.07. The molecule has 0 aliphatic carbocycles. The molecule has 0 saturated heterocycles. The van der Waals surface area contributed by atoms with Crippen LogP contribution >= 0.6 is 0 Å². The Bertz CT molecular complexity index is 271. The van der Waals surface area contributed by atoms with Crippen molar-refractivity contribution in [1.29, 1.82) is 0 Å². The van der Waals surface area contributed by atoms with Crippen molar-refractivity contribution in [2.24, 2.45) is 5.92 Å². The predicted molar refractivity (Wildman–Crippen MR) is 60.5 cm³/mol. The molecule has 0 aromatic heterocycles. The zero-order valence-electron chi connectivity index (χ0n) is 9.21. The topological polar surface area (TPSA) is 21.3 Å². The minimum Gasteiger partial charge on any atom is -0.362 e. The van der Waals surface area contributed by atoms with Crippen LogP contribution in [0.15, 0.2) is 24.3 Å². The molecule has 0 saturated carbocycles. The van der Waals surface area contributed by atoms with E-state index < -0.39 is 0 Å². The van der Waals surface area contributed by atoms with E-state index in [1.54, 1.807) is 0 Å². The minimum absolute atomic E-state index is 0.586. The Morgan fingerprint density at radius 1 is 1.29 bits per heavy atom. The molecular formula is C12H19NO. The highest BCUT2D eigenvalue weighted by Gasteiger charge is 1.96. The molecule has 2 nitrogen and oxygen atoms in total. The van der Waals surface area contributed by atoms with E-state index >= 15 is 0 Å². The first-order valence-corrected chi connectivity index (χ1v) is 5.07. The van der Waals surface area contributed by atoms with Crippen LogP contribution in [0.4, 0.5) is 5.69 Å². The molecule has 0 fully saturated rings. The largest absolute Gasteiger partial charge is 0.362 e. The van der Waals surface area contributed by atoms with Crippen LogP contribution < -0.4 is 5.32 Å². The van der Waals surface area contributed by atoms with Gasteiger partial charge in [0.05, 0.1) is 6.61 Å². The van der Waals surface area contributed by atoms with Gasteiger partial charge < -0.3 is 10.1 Å². The van der Waals surface area contributed by atoms with Gasteiger partial charge in [-0.1, -0.05) is 32.0 Å². The van der Waals surface area contributed by atoms with Gasteiger partial charge in [-0.05, 0) is 24.5 Å². The summed E-state index contributed by atoms with van der Waals surface area (Å²) in [5, 5.41) is 3.25. The number of anilines is 1. The highest BCUT2D eigenvalue weighted by molar-refractivity contribution is 5.49. The van der Waals surface area contributed by atoms with Crippen LogP contribution in [-0.2, 0) is 4.74 Å². The third-order valence-corrected chi connectivity index (χ3v) is 1.96. The Morgan fingerprint density at radius 2 is 2.00 bits per heavy atom. The molecule has 2 heteroatoms. The Balaban J connectivity index is 2.28. The molecule has 0 radical (unpaired) electrons. The molecule has 1 N–H and O–H groups in total. The van der Waals surface area contributed by atoms with Gasteiger partial charge in [-0.25, -0.2) is 0 Å². The Morgan fingerprint density at radius 3 is 2.64 bits per heavy atom. The first kappa shape index (κ1) is 11.1. The molecule has 14 heavy (non-hydrogen) atoms. The lowest BCUT2D eigenvalue weighted by Crippen LogP contribution is -2.10. The summed E-state index contributed by atoms with van der Waals surface area (Å²) in [6.07, 6.45) is 0. The summed E-state index contributed by atoms with van der Waals surface area (Å²) in [5.41, 5.74) is 2.40. The summed E-state index contributed by atoms with van der Waals surface area (Å²) in [6.45, 7) is 7.77. The monoisotopic (exact) mass is 193 g/mol. The van der Waals surface area contributed by atoms with Crippen molar-refractivity contribution < 1.29 is 4.74 Å². The van der Waals surface area contributed by atoms with Gasteiger partial charge in [-0.15, -0.1) is 0 Å². The van der Waals surface area contributed by atoms with Gasteiger partial charge in [0.1, 0.15) is 6.73 Å². The maximum Gasteiger partial charge on any atom is 0.116 e. The van der Waals surface area contributed by atoms with Crippen molar-refractivity contribution in [3.05, 3.63) is 29.8 Å². The quantitative estimate of drug-likeness (QED) is 0.573. The van der Waals surface area contributed by atoms with E-state index in [4.69, 9.17) is 4.74 Å². The number of para-hydroxylation sites is 1. The van der Waals surface area contributed by atoms with Crippen molar-refractivity contribution in [3.8, 4) is 0 Å². The lowest BCUT2D eigenvalue weighted by atomic mass is 10.2. The Hall–Kier alpha value is -1.02. The summed E-state index contributed by atoms with van der Waals surface area (Å²) in [6, 6.07) is 8.21. The van der Waals surface area contributed by atoms with Crippen molar-refractivity contribution in [1.82, 2.24) is 0 Å². The van der Waals surface area contributed by atoms with Crippen molar-refractivity contribution in [2.75, 3.05) is 18.7 Å². The zero-order chi connectivity index (χ0) is 10.4. The van der Waals surface area contributed by atoms with E-state index in [0.717, 1.165) is 12.3 Å². The third-order valence-electron chi connectivity index (χ3n) is 1.96. The molecule has 0 atom stereocenters. The van der Waals surface area contributed by atoms with Gasteiger partial charge in [0.2, 0.25) is 0 Å².